The van der Waals surface area contributed by atoms with Crippen LogP contribution in [0.2, 0.25) is 0 Å². The van der Waals surface area contributed by atoms with Crippen molar-refractivity contribution in [1.82, 2.24) is 20.5 Å². The SMILES string of the molecule is CC(C)C(CNC(=O)NCc1ccc(N2CCc3ccccc3C2)nc1)N1CCOCC1. The molecule has 4 rings (SSSR count). The second-order valence-electron chi connectivity index (χ2n) is 8.99. The lowest BCUT2D eigenvalue weighted by Gasteiger charge is -2.36. The zero-order valence-corrected chi connectivity index (χ0v) is 19.2. The Kier molecular flexibility index (Phi) is 7.60. The number of morpholine rings is 1. The van der Waals surface area contributed by atoms with Gasteiger partial charge in [-0.2, -0.15) is 0 Å². The monoisotopic (exact) mass is 437 g/mol. The third-order valence-corrected chi connectivity index (χ3v) is 6.47. The minimum atomic E-state index is -0.138. The van der Waals surface area contributed by atoms with Crippen LogP contribution in [-0.2, 0) is 24.2 Å². The van der Waals surface area contributed by atoms with Gasteiger partial charge in [0, 0.05) is 51.5 Å². The summed E-state index contributed by atoms with van der Waals surface area (Å²) in [6, 6.07) is 12.9. The maximum absolute atomic E-state index is 12.4. The summed E-state index contributed by atoms with van der Waals surface area (Å²) in [5.41, 5.74) is 3.80. The first-order valence-corrected chi connectivity index (χ1v) is 11.7. The molecule has 172 valence electrons. The Morgan fingerprint density at radius 1 is 1.06 bits per heavy atom. The Labute approximate surface area is 191 Å². The number of pyridine rings is 1. The van der Waals surface area contributed by atoms with Crippen LogP contribution in [0.5, 0.6) is 0 Å². The molecule has 0 bridgehead atoms. The molecule has 32 heavy (non-hydrogen) atoms. The second-order valence-corrected chi connectivity index (χ2v) is 8.99. The fraction of sp³-hybridized carbons (Fsp3) is 0.520. The van der Waals surface area contributed by atoms with Crippen LogP contribution in [0, 0.1) is 5.92 Å². The van der Waals surface area contributed by atoms with Gasteiger partial charge in [-0.3, -0.25) is 4.90 Å². The lowest BCUT2D eigenvalue weighted by molar-refractivity contribution is 0.00719. The highest BCUT2D eigenvalue weighted by atomic mass is 16.5. The number of nitrogens with zero attached hydrogens (tertiary/aromatic N) is 3. The number of anilines is 1. The summed E-state index contributed by atoms with van der Waals surface area (Å²) >= 11 is 0. The Morgan fingerprint density at radius 3 is 2.56 bits per heavy atom. The molecular formula is C25H35N5O2. The predicted molar refractivity (Wildman–Crippen MR) is 127 cm³/mol. The fourth-order valence-electron chi connectivity index (χ4n) is 4.54. The maximum atomic E-state index is 12.4. The zero-order chi connectivity index (χ0) is 22.3. The van der Waals surface area contributed by atoms with E-state index < -0.39 is 0 Å². The summed E-state index contributed by atoms with van der Waals surface area (Å²) in [6.07, 6.45) is 2.91. The Balaban J connectivity index is 1.24. The van der Waals surface area contributed by atoms with E-state index in [9.17, 15) is 4.79 Å². The molecule has 7 nitrogen and oxygen atoms in total. The van der Waals surface area contributed by atoms with Crippen molar-refractivity contribution in [1.29, 1.82) is 0 Å². The molecular weight excluding hydrogens is 402 g/mol. The van der Waals surface area contributed by atoms with Gasteiger partial charge in [-0.25, -0.2) is 9.78 Å². The van der Waals surface area contributed by atoms with Crippen LogP contribution in [0.25, 0.3) is 0 Å². The summed E-state index contributed by atoms with van der Waals surface area (Å²) in [6.45, 7) is 10.8. The topological polar surface area (TPSA) is 69.7 Å². The van der Waals surface area contributed by atoms with E-state index in [4.69, 9.17) is 4.74 Å². The Hall–Kier alpha value is -2.64. The molecule has 1 fully saturated rings. The van der Waals surface area contributed by atoms with Crippen LogP contribution >= 0.6 is 0 Å². The minimum Gasteiger partial charge on any atom is -0.379 e. The lowest BCUT2D eigenvalue weighted by atomic mass is 10.00. The van der Waals surface area contributed by atoms with E-state index in [0.29, 0.717) is 25.0 Å². The Morgan fingerprint density at radius 2 is 1.84 bits per heavy atom. The number of carbonyl (C=O) groups is 1. The number of rotatable bonds is 7. The van der Waals surface area contributed by atoms with E-state index in [1.807, 2.05) is 12.3 Å². The molecule has 1 unspecified atom stereocenters. The van der Waals surface area contributed by atoms with Crippen molar-refractivity contribution < 1.29 is 9.53 Å². The van der Waals surface area contributed by atoms with E-state index in [0.717, 1.165) is 57.2 Å². The molecule has 0 radical (unpaired) electrons. The van der Waals surface area contributed by atoms with E-state index in [-0.39, 0.29) is 6.03 Å². The van der Waals surface area contributed by atoms with Crippen LogP contribution in [0.1, 0.15) is 30.5 Å². The summed E-state index contributed by atoms with van der Waals surface area (Å²) in [5, 5.41) is 6.00. The van der Waals surface area contributed by atoms with E-state index in [1.165, 1.54) is 11.1 Å². The number of hydrogen-bond donors (Lipinski definition) is 2. The van der Waals surface area contributed by atoms with E-state index >= 15 is 0 Å². The van der Waals surface area contributed by atoms with Gasteiger partial charge in [-0.1, -0.05) is 44.2 Å². The van der Waals surface area contributed by atoms with Crippen molar-refractivity contribution >= 4 is 11.8 Å². The van der Waals surface area contributed by atoms with Gasteiger partial charge in [0.2, 0.25) is 0 Å². The molecule has 0 aliphatic carbocycles. The first-order chi connectivity index (χ1) is 15.6. The smallest absolute Gasteiger partial charge is 0.315 e. The summed E-state index contributed by atoms with van der Waals surface area (Å²) < 4.78 is 5.46. The molecule has 2 N–H and O–H groups in total. The van der Waals surface area contributed by atoms with Gasteiger partial charge in [-0.15, -0.1) is 0 Å². The molecule has 2 amide bonds. The molecule has 0 spiro atoms. The van der Waals surface area contributed by atoms with Crippen molar-refractivity contribution in [3.63, 3.8) is 0 Å². The second kappa shape index (κ2) is 10.8. The molecule has 1 atom stereocenters. The number of urea groups is 1. The van der Waals surface area contributed by atoms with Crippen molar-refractivity contribution in [3.8, 4) is 0 Å². The normalized spacial score (nSPS) is 17.7. The van der Waals surface area contributed by atoms with Crippen molar-refractivity contribution in [2.75, 3.05) is 44.3 Å². The van der Waals surface area contributed by atoms with Crippen molar-refractivity contribution in [3.05, 3.63) is 59.3 Å². The third kappa shape index (κ3) is 5.78. The van der Waals surface area contributed by atoms with Crippen LogP contribution in [0.15, 0.2) is 42.6 Å². The molecule has 0 saturated carbocycles. The quantitative estimate of drug-likeness (QED) is 0.697. The number of carbonyl (C=O) groups excluding carboxylic acids is 1. The van der Waals surface area contributed by atoms with E-state index in [2.05, 4.69) is 69.6 Å². The van der Waals surface area contributed by atoms with Crippen LogP contribution in [0.4, 0.5) is 10.6 Å². The number of ether oxygens (including phenoxy) is 1. The highest BCUT2D eigenvalue weighted by Crippen LogP contribution is 2.23. The minimum absolute atomic E-state index is 0.138. The predicted octanol–water partition coefficient (Wildman–Crippen LogP) is 2.80. The van der Waals surface area contributed by atoms with Gasteiger partial charge in [0.15, 0.2) is 0 Å². The number of nitrogens with one attached hydrogen (secondary N) is 2. The van der Waals surface area contributed by atoms with Gasteiger partial charge in [0.25, 0.3) is 0 Å². The van der Waals surface area contributed by atoms with Gasteiger partial charge in [-0.05, 0) is 35.1 Å². The van der Waals surface area contributed by atoms with Gasteiger partial charge < -0.3 is 20.3 Å². The molecule has 7 heteroatoms. The van der Waals surface area contributed by atoms with Crippen LogP contribution < -0.4 is 15.5 Å². The zero-order valence-electron chi connectivity index (χ0n) is 19.2. The highest BCUT2D eigenvalue weighted by Gasteiger charge is 2.24. The first kappa shape index (κ1) is 22.6. The molecule has 2 aliphatic rings. The lowest BCUT2D eigenvalue weighted by Crippen LogP contribution is -2.52. The molecule has 2 aromatic rings. The third-order valence-electron chi connectivity index (χ3n) is 6.47. The summed E-state index contributed by atoms with van der Waals surface area (Å²) in [7, 11) is 0. The van der Waals surface area contributed by atoms with Gasteiger partial charge in [0.1, 0.15) is 5.82 Å². The van der Waals surface area contributed by atoms with Crippen molar-refractivity contribution in [2.24, 2.45) is 5.92 Å². The van der Waals surface area contributed by atoms with Crippen molar-refractivity contribution in [2.45, 2.75) is 39.4 Å². The molecule has 2 aliphatic heterocycles. The maximum Gasteiger partial charge on any atom is 0.315 e. The number of amides is 2. The van der Waals surface area contributed by atoms with Gasteiger partial charge in [0.05, 0.1) is 13.2 Å². The van der Waals surface area contributed by atoms with Crippen LogP contribution in [0.3, 0.4) is 0 Å². The average molecular weight is 438 g/mol. The molecule has 3 heterocycles. The number of fused-ring (bicyclic) bond motifs is 1. The largest absolute Gasteiger partial charge is 0.379 e. The Bertz CT molecular complexity index is 880. The molecule has 1 aromatic carbocycles. The van der Waals surface area contributed by atoms with Gasteiger partial charge >= 0.3 is 6.03 Å². The fourth-order valence-corrected chi connectivity index (χ4v) is 4.54. The summed E-state index contributed by atoms with van der Waals surface area (Å²) in [5.74, 6) is 1.45. The average Bonchev–Trinajstić information content (AvgIpc) is 2.83. The molecule has 1 aromatic heterocycles. The summed E-state index contributed by atoms with van der Waals surface area (Å²) in [4.78, 5) is 21.7. The highest BCUT2D eigenvalue weighted by molar-refractivity contribution is 5.73. The molecule has 1 saturated heterocycles. The first-order valence-electron chi connectivity index (χ1n) is 11.7. The standard InChI is InChI=1S/C25H35N5O2/c1-19(2)23(29-11-13-32-14-12-29)17-28-25(31)27-16-20-7-8-24(26-15-20)30-10-9-21-5-3-4-6-22(21)18-30/h3-8,15,19,23H,9-14,16-18H2,1-2H3,(H2,27,28,31). The number of benzene rings is 1. The van der Waals surface area contributed by atoms with E-state index in [1.54, 1.807) is 0 Å². The number of hydrogen-bond acceptors (Lipinski definition) is 5. The van der Waals surface area contributed by atoms with Crippen LogP contribution in [-0.4, -0.2) is 61.3 Å². The number of aromatic nitrogens is 1.